The average Bonchev–Trinajstić information content (AvgIpc) is 2.05. The first-order chi connectivity index (χ1) is 5.83. The molecule has 1 rings (SSSR count). The van der Waals surface area contributed by atoms with Gasteiger partial charge in [0.2, 0.25) is 0 Å². The molecule has 0 bridgehead atoms. The molecular formula is C8H11BrN2O. The summed E-state index contributed by atoms with van der Waals surface area (Å²) < 4.78 is 0.846. The highest BCUT2D eigenvalue weighted by molar-refractivity contribution is 9.10. The maximum absolute atomic E-state index is 4.97. The second-order valence-corrected chi connectivity index (χ2v) is 3.02. The predicted molar refractivity (Wildman–Crippen MR) is 50.4 cm³/mol. The molecule has 1 N–H and O–H groups in total. The molecule has 66 valence electrons. The van der Waals surface area contributed by atoms with Crippen LogP contribution in [-0.2, 0) is 11.4 Å². The van der Waals surface area contributed by atoms with Crippen LogP contribution in [0.5, 0.6) is 0 Å². The number of nitrogens with one attached hydrogen (secondary N) is 1. The fourth-order valence-corrected chi connectivity index (χ4v) is 1.16. The van der Waals surface area contributed by atoms with E-state index in [-0.39, 0.29) is 0 Å². The van der Waals surface area contributed by atoms with Crippen LogP contribution in [0, 0.1) is 0 Å². The number of hydrogen-bond donors (Lipinski definition) is 1. The van der Waals surface area contributed by atoms with Gasteiger partial charge in [-0.3, -0.25) is 0 Å². The van der Waals surface area contributed by atoms with Gasteiger partial charge < -0.3 is 4.84 Å². The van der Waals surface area contributed by atoms with Gasteiger partial charge in [-0.05, 0) is 35.0 Å². The first-order valence-corrected chi connectivity index (χ1v) is 4.58. The third-order valence-electron chi connectivity index (χ3n) is 1.27. The van der Waals surface area contributed by atoms with Crippen LogP contribution in [-0.4, -0.2) is 11.6 Å². The SMILES string of the molecule is CCONCc1cccc(Br)n1. The Labute approximate surface area is 80.2 Å². The summed E-state index contributed by atoms with van der Waals surface area (Å²) in [5.41, 5.74) is 3.75. The molecule has 0 aliphatic rings. The molecule has 1 heterocycles. The maximum Gasteiger partial charge on any atom is 0.106 e. The summed E-state index contributed by atoms with van der Waals surface area (Å²) in [6.07, 6.45) is 0. The van der Waals surface area contributed by atoms with Crippen LogP contribution in [0.1, 0.15) is 12.6 Å². The quantitative estimate of drug-likeness (QED) is 0.488. The minimum absolute atomic E-state index is 0.632. The molecule has 0 atom stereocenters. The van der Waals surface area contributed by atoms with Crippen LogP contribution >= 0.6 is 15.9 Å². The first-order valence-electron chi connectivity index (χ1n) is 3.79. The van der Waals surface area contributed by atoms with Crippen molar-refractivity contribution < 1.29 is 4.84 Å². The number of nitrogens with zero attached hydrogens (tertiary/aromatic N) is 1. The monoisotopic (exact) mass is 230 g/mol. The molecule has 0 saturated heterocycles. The summed E-state index contributed by atoms with van der Waals surface area (Å²) in [7, 11) is 0. The van der Waals surface area contributed by atoms with Crippen LogP contribution in [0.4, 0.5) is 0 Å². The second-order valence-electron chi connectivity index (χ2n) is 2.21. The lowest BCUT2D eigenvalue weighted by molar-refractivity contribution is 0.0456. The molecule has 4 heteroatoms. The zero-order valence-electron chi connectivity index (χ0n) is 6.88. The van der Waals surface area contributed by atoms with Crippen LogP contribution in [0.2, 0.25) is 0 Å². The van der Waals surface area contributed by atoms with Crippen LogP contribution in [0.25, 0.3) is 0 Å². The van der Waals surface area contributed by atoms with E-state index in [0.717, 1.165) is 10.3 Å². The Morgan fingerprint density at radius 1 is 1.58 bits per heavy atom. The molecule has 0 spiro atoms. The van der Waals surface area contributed by atoms with Crippen molar-refractivity contribution in [2.75, 3.05) is 6.61 Å². The van der Waals surface area contributed by atoms with Gasteiger partial charge in [-0.15, -0.1) is 0 Å². The lowest BCUT2D eigenvalue weighted by Gasteiger charge is -2.02. The van der Waals surface area contributed by atoms with E-state index in [1.165, 1.54) is 0 Å². The van der Waals surface area contributed by atoms with Crippen molar-refractivity contribution in [1.82, 2.24) is 10.5 Å². The normalized spacial score (nSPS) is 10.2. The molecule has 0 aliphatic carbocycles. The van der Waals surface area contributed by atoms with E-state index in [4.69, 9.17) is 4.84 Å². The van der Waals surface area contributed by atoms with Gasteiger partial charge in [0.15, 0.2) is 0 Å². The number of halogens is 1. The topological polar surface area (TPSA) is 34.1 Å². The highest BCUT2D eigenvalue weighted by Gasteiger charge is 1.93. The van der Waals surface area contributed by atoms with Crippen molar-refractivity contribution in [3.8, 4) is 0 Å². The largest absolute Gasteiger partial charge is 0.302 e. The second kappa shape index (κ2) is 5.24. The van der Waals surface area contributed by atoms with Crippen molar-refractivity contribution in [2.24, 2.45) is 0 Å². The van der Waals surface area contributed by atoms with Crippen LogP contribution in [0.15, 0.2) is 22.8 Å². The van der Waals surface area contributed by atoms with Gasteiger partial charge in [-0.2, -0.15) is 5.48 Å². The van der Waals surface area contributed by atoms with Gasteiger partial charge in [-0.25, -0.2) is 4.98 Å². The van der Waals surface area contributed by atoms with E-state index in [1.54, 1.807) is 0 Å². The van der Waals surface area contributed by atoms with Gasteiger partial charge >= 0.3 is 0 Å². The summed E-state index contributed by atoms with van der Waals surface area (Å²) in [5.74, 6) is 0. The Bertz CT molecular complexity index is 242. The summed E-state index contributed by atoms with van der Waals surface area (Å²) in [5, 5.41) is 0. The Hall–Kier alpha value is -0.450. The molecule has 1 aromatic heterocycles. The molecule has 0 fully saturated rings. The van der Waals surface area contributed by atoms with Crippen molar-refractivity contribution >= 4 is 15.9 Å². The third-order valence-corrected chi connectivity index (χ3v) is 1.71. The molecule has 0 unspecified atom stereocenters. The molecule has 0 radical (unpaired) electrons. The molecule has 1 aromatic rings. The Balaban J connectivity index is 2.41. The van der Waals surface area contributed by atoms with E-state index < -0.39 is 0 Å². The summed E-state index contributed by atoms with van der Waals surface area (Å²) in [6, 6.07) is 5.78. The zero-order valence-corrected chi connectivity index (χ0v) is 8.47. The number of pyridine rings is 1. The number of rotatable bonds is 4. The summed E-state index contributed by atoms with van der Waals surface area (Å²) in [6.45, 7) is 3.22. The highest BCUT2D eigenvalue weighted by atomic mass is 79.9. The Kier molecular flexibility index (Phi) is 4.21. The standard InChI is InChI=1S/C8H11BrN2O/c1-2-12-10-6-7-4-3-5-8(9)11-7/h3-5,10H,2,6H2,1H3. The maximum atomic E-state index is 4.97. The lowest BCUT2D eigenvalue weighted by atomic mass is 10.4. The fourth-order valence-electron chi connectivity index (χ4n) is 0.776. The number of hydrogen-bond acceptors (Lipinski definition) is 3. The van der Waals surface area contributed by atoms with Gasteiger partial charge in [0, 0.05) is 0 Å². The molecular weight excluding hydrogens is 220 g/mol. The molecule has 0 amide bonds. The molecule has 12 heavy (non-hydrogen) atoms. The Morgan fingerprint density at radius 3 is 3.08 bits per heavy atom. The molecule has 0 aromatic carbocycles. The number of aromatic nitrogens is 1. The summed E-state index contributed by atoms with van der Waals surface area (Å²) in [4.78, 5) is 9.19. The summed E-state index contributed by atoms with van der Waals surface area (Å²) >= 11 is 3.29. The van der Waals surface area contributed by atoms with E-state index in [2.05, 4.69) is 26.4 Å². The highest BCUT2D eigenvalue weighted by Crippen LogP contribution is 2.05. The first kappa shape index (κ1) is 9.64. The lowest BCUT2D eigenvalue weighted by Crippen LogP contribution is -2.14. The van der Waals surface area contributed by atoms with Crippen molar-refractivity contribution in [3.05, 3.63) is 28.5 Å². The smallest absolute Gasteiger partial charge is 0.106 e. The van der Waals surface area contributed by atoms with E-state index in [0.29, 0.717) is 13.2 Å². The van der Waals surface area contributed by atoms with Gasteiger partial charge in [0.1, 0.15) is 4.60 Å². The molecule has 0 aliphatic heterocycles. The van der Waals surface area contributed by atoms with Crippen molar-refractivity contribution in [2.45, 2.75) is 13.5 Å². The van der Waals surface area contributed by atoms with E-state index >= 15 is 0 Å². The molecule has 3 nitrogen and oxygen atoms in total. The number of hydroxylamine groups is 1. The minimum atomic E-state index is 0.632. The van der Waals surface area contributed by atoms with Gasteiger partial charge in [-0.1, -0.05) is 6.07 Å². The Morgan fingerprint density at radius 2 is 2.42 bits per heavy atom. The average molecular weight is 231 g/mol. The van der Waals surface area contributed by atoms with Crippen LogP contribution < -0.4 is 5.48 Å². The zero-order chi connectivity index (χ0) is 8.81. The fraction of sp³-hybridized carbons (Fsp3) is 0.375. The predicted octanol–water partition coefficient (Wildman–Crippen LogP) is 1.89. The van der Waals surface area contributed by atoms with E-state index in [9.17, 15) is 0 Å². The van der Waals surface area contributed by atoms with Gasteiger partial charge in [0.25, 0.3) is 0 Å². The van der Waals surface area contributed by atoms with E-state index in [1.807, 2.05) is 25.1 Å². The molecule has 0 saturated carbocycles. The van der Waals surface area contributed by atoms with Gasteiger partial charge in [0.05, 0.1) is 18.8 Å². The van der Waals surface area contributed by atoms with Crippen molar-refractivity contribution in [3.63, 3.8) is 0 Å². The third kappa shape index (κ3) is 3.30. The minimum Gasteiger partial charge on any atom is -0.302 e. The van der Waals surface area contributed by atoms with Crippen molar-refractivity contribution in [1.29, 1.82) is 0 Å². The van der Waals surface area contributed by atoms with Crippen LogP contribution in [0.3, 0.4) is 0 Å².